The van der Waals surface area contributed by atoms with Gasteiger partial charge in [0.2, 0.25) is 0 Å². The molecule has 2 N–H and O–H groups in total. The molecular weight excluding hydrogens is 315 g/mol. The van der Waals surface area contributed by atoms with E-state index in [0.29, 0.717) is 0 Å². The first-order chi connectivity index (χ1) is 8.46. The Morgan fingerprint density at radius 2 is 1.68 bits per heavy atom. The molecule has 1 nitrogen and oxygen atoms in total. The van der Waals surface area contributed by atoms with Crippen molar-refractivity contribution in [1.82, 2.24) is 0 Å². The molecule has 0 spiro atoms. The van der Waals surface area contributed by atoms with Gasteiger partial charge in [-0.3, -0.25) is 0 Å². The molecule has 1 atom stereocenters. The lowest BCUT2D eigenvalue weighted by molar-refractivity contribution is -0.0328. The van der Waals surface area contributed by atoms with Crippen LogP contribution < -0.4 is 5.73 Å². The van der Waals surface area contributed by atoms with Crippen LogP contribution in [0.1, 0.15) is 17.2 Å². The molecule has 0 aliphatic heterocycles. The Hall–Kier alpha value is -0.690. The number of hydrogen-bond donors (Lipinski definition) is 1. The van der Waals surface area contributed by atoms with Crippen LogP contribution in [0.3, 0.4) is 0 Å². The predicted octanol–water partition coefficient (Wildman–Crippen LogP) is 4.83. The van der Waals surface area contributed by atoms with Crippen molar-refractivity contribution in [2.75, 3.05) is 0 Å². The van der Waals surface area contributed by atoms with Crippen molar-refractivity contribution in [3.63, 3.8) is 0 Å². The molecule has 1 aromatic heterocycles. The summed E-state index contributed by atoms with van der Waals surface area (Å²) in [7, 11) is 0. The van der Waals surface area contributed by atoms with Crippen LogP contribution in [0.25, 0.3) is 0 Å². The Morgan fingerprint density at radius 3 is 2.16 bits per heavy atom. The van der Waals surface area contributed by atoms with Crippen molar-refractivity contribution in [2.24, 2.45) is 5.73 Å². The van der Waals surface area contributed by atoms with Gasteiger partial charge in [-0.25, -0.2) is 0 Å². The van der Waals surface area contributed by atoms with Crippen molar-refractivity contribution in [3.05, 3.63) is 52.2 Å². The maximum Gasteiger partial charge on any atom is 0.446 e. The van der Waals surface area contributed by atoms with E-state index in [4.69, 9.17) is 5.73 Å². The Labute approximate surface area is 123 Å². The van der Waals surface area contributed by atoms with E-state index in [-0.39, 0.29) is 35.1 Å². The highest BCUT2D eigenvalue weighted by molar-refractivity contribution is 8.00. The van der Waals surface area contributed by atoms with E-state index in [1.807, 2.05) is 16.8 Å². The summed E-state index contributed by atoms with van der Waals surface area (Å²) < 4.78 is 36.5. The molecule has 0 radical (unpaired) electrons. The summed E-state index contributed by atoms with van der Waals surface area (Å²) in [5.41, 5.74) is 3.54. The first-order valence-electron chi connectivity index (χ1n) is 5.09. The van der Waals surface area contributed by atoms with Gasteiger partial charge in [-0.2, -0.15) is 24.5 Å². The number of thioether (sulfide) groups is 1. The molecule has 0 bridgehead atoms. The van der Waals surface area contributed by atoms with Crippen LogP contribution in [-0.2, 0) is 0 Å². The lowest BCUT2D eigenvalue weighted by Crippen LogP contribution is -2.10. The number of halogens is 4. The van der Waals surface area contributed by atoms with Crippen LogP contribution in [0.15, 0.2) is 46.0 Å². The lowest BCUT2D eigenvalue weighted by Gasteiger charge is -2.11. The van der Waals surface area contributed by atoms with Gasteiger partial charge in [0.1, 0.15) is 0 Å². The van der Waals surface area contributed by atoms with E-state index in [0.717, 1.165) is 11.1 Å². The summed E-state index contributed by atoms with van der Waals surface area (Å²) in [6.45, 7) is 0. The molecule has 0 aliphatic carbocycles. The number of thiophene rings is 1. The number of nitrogens with two attached hydrogens (primary N) is 1. The van der Waals surface area contributed by atoms with Gasteiger partial charge in [-0.05, 0) is 51.8 Å². The van der Waals surface area contributed by atoms with Crippen molar-refractivity contribution >= 4 is 35.5 Å². The molecule has 1 heterocycles. The van der Waals surface area contributed by atoms with Gasteiger partial charge in [-0.15, -0.1) is 12.4 Å². The number of alkyl halides is 3. The van der Waals surface area contributed by atoms with Crippen LogP contribution in [0, 0.1) is 0 Å². The second kappa shape index (κ2) is 6.65. The summed E-state index contributed by atoms with van der Waals surface area (Å²) in [6, 6.07) is 7.78. The zero-order valence-corrected chi connectivity index (χ0v) is 12.0. The molecule has 19 heavy (non-hydrogen) atoms. The van der Waals surface area contributed by atoms with Gasteiger partial charge in [0.15, 0.2) is 0 Å². The normalized spacial score (nSPS) is 12.8. The minimum absolute atomic E-state index is 0. The van der Waals surface area contributed by atoms with Crippen molar-refractivity contribution in [2.45, 2.75) is 16.4 Å². The Kier molecular flexibility index (Phi) is 5.73. The van der Waals surface area contributed by atoms with E-state index >= 15 is 0 Å². The molecule has 0 fully saturated rings. The largest absolute Gasteiger partial charge is 0.446 e. The Balaban J connectivity index is 0.00000180. The fourth-order valence-corrected chi connectivity index (χ4v) is 2.76. The molecular formula is C12H11ClF3NS2. The van der Waals surface area contributed by atoms with E-state index in [2.05, 4.69) is 0 Å². The lowest BCUT2D eigenvalue weighted by atomic mass is 10.0. The highest BCUT2D eigenvalue weighted by Gasteiger charge is 2.29. The first kappa shape index (κ1) is 16.4. The average Bonchev–Trinajstić information content (AvgIpc) is 2.80. The number of rotatable bonds is 3. The van der Waals surface area contributed by atoms with Gasteiger partial charge in [0.05, 0.1) is 6.04 Å². The Bertz CT molecular complexity index is 497. The zero-order valence-electron chi connectivity index (χ0n) is 9.55. The molecule has 0 amide bonds. The second-order valence-corrected chi connectivity index (χ2v) is 5.57. The van der Waals surface area contributed by atoms with Crippen LogP contribution in [0.2, 0.25) is 0 Å². The third-order valence-corrected chi connectivity index (χ3v) is 3.82. The van der Waals surface area contributed by atoms with E-state index in [1.54, 1.807) is 23.5 Å². The van der Waals surface area contributed by atoms with Crippen LogP contribution in [0.4, 0.5) is 13.2 Å². The average molecular weight is 326 g/mol. The molecule has 7 heteroatoms. The number of benzene rings is 1. The fraction of sp³-hybridized carbons (Fsp3) is 0.167. The maximum absolute atomic E-state index is 12.2. The van der Waals surface area contributed by atoms with E-state index < -0.39 is 5.51 Å². The van der Waals surface area contributed by atoms with Gasteiger partial charge < -0.3 is 5.73 Å². The minimum atomic E-state index is -4.25. The van der Waals surface area contributed by atoms with Gasteiger partial charge in [0.25, 0.3) is 0 Å². The molecule has 0 saturated heterocycles. The van der Waals surface area contributed by atoms with Crippen molar-refractivity contribution in [3.8, 4) is 0 Å². The summed E-state index contributed by atoms with van der Waals surface area (Å²) in [4.78, 5) is 0.170. The third-order valence-electron chi connectivity index (χ3n) is 2.38. The highest BCUT2D eigenvalue weighted by atomic mass is 35.5. The third kappa shape index (κ3) is 4.72. The molecule has 0 unspecified atom stereocenters. The SMILES string of the molecule is Cl.N[C@@H](c1ccc(SC(F)(F)F)cc1)c1ccsc1. The smallest absolute Gasteiger partial charge is 0.320 e. The molecule has 2 aromatic rings. The van der Waals surface area contributed by atoms with Crippen LogP contribution >= 0.6 is 35.5 Å². The van der Waals surface area contributed by atoms with Gasteiger partial charge in [0, 0.05) is 4.90 Å². The molecule has 0 saturated carbocycles. The topological polar surface area (TPSA) is 26.0 Å². The van der Waals surface area contributed by atoms with Crippen molar-refractivity contribution in [1.29, 1.82) is 0 Å². The monoisotopic (exact) mass is 325 g/mol. The maximum atomic E-state index is 12.2. The molecule has 104 valence electrons. The summed E-state index contributed by atoms with van der Waals surface area (Å²) in [6.07, 6.45) is 0. The second-order valence-electron chi connectivity index (χ2n) is 3.65. The predicted molar refractivity (Wildman–Crippen MR) is 76.0 cm³/mol. The molecule has 2 rings (SSSR count). The minimum Gasteiger partial charge on any atom is -0.320 e. The van der Waals surface area contributed by atoms with Crippen LogP contribution in [0.5, 0.6) is 0 Å². The summed E-state index contributed by atoms with van der Waals surface area (Å²) >= 11 is 1.42. The van der Waals surface area contributed by atoms with E-state index in [1.165, 1.54) is 12.1 Å². The molecule has 0 aliphatic rings. The quantitative estimate of drug-likeness (QED) is 0.818. The van der Waals surface area contributed by atoms with Crippen molar-refractivity contribution < 1.29 is 13.2 Å². The van der Waals surface area contributed by atoms with E-state index in [9.17, 15) is 13.2 Å². The standard InChI is InChI=1S/C12H10F3NS2.ClH/c13-12(14,15)18-10-3-1-8(2-4-10)11(16)9-5-6-17-7-9;/h1-7,11H,16H2;1H/t11-;/m0./s1. The number of hydrogen-bond acceptors (Lipinski definition) is 3. The van der Waals surface area contributed by atoms with Crippen LogP contribution in [-0.4, -0.2) is 5.51 Å². The van der Waals surface area contributed by atoms with Gasteiger partial charge >= 0.3 is 5.51 Å². The summed E-state index contributed by atoms with van der Waals surface area (Å²) in [5.74, 6) is 0. The summed E-state index contributed by atoms with van der Waals surface area (Å²) in [5, 5.41) is 3.85. The zero-order chi connectivity index (χ0) is 13.2. The highest BCUT2D eigenvalue weighted by Crippen LogP contribution is 2.37. The fourth-order valence-electron chi connectivity index (χ4n) is 1.52. The first-order valence-corrected chi connectivity index (χ1v) is 6.85. The Morgan fingerprint density at radius 1 is 1.05 bits per heavy atom. The van der Waals surface area contributed by atoms with Gasteiger partial charge in [-0.1, -0.05) is 12.1 Å². The molecule has 1 aromatic carbocycles.